The molecule has 0 spiro atoms. The summed E-state index contributed by atoms with van der Waals surface area (Å²) in [5.74, 6) is -1.60. The summed E-state index contributed by atoms with van der Waals surface area (Å²) < 4.78 is 5.37. The third-order valence-electron chi connectivity index (χ3n) is 7.42. The molecule has 1 aliphatic rings. The van der Waals surface area contributed by atoms with E-state index in [2.05, 4.69) is 10.6 Å². The molecule has 2 rings (SSSR count). The first-order valence-corrected chi connectivity index (χ1v) is 14.0. The van der Waals surface area contributed by atoms with Gasteiger partial charge in [0.25, 0.3) is 0 Å². The van der Waals surface area contributed by atoms with E-state index in [0.717, 1.165) is 48.8 Å². The van der Waals surface area contributed by atoms with Crippen molar-refractivity contribution >= 4 is 23.8 Å². The number of amides is 4. The second-order valence-corrected chi connectivity index (χ2v) is 12.3. The summed E-state index contributed by atoms with van der Waals surface area (Å²) in [6, 6.07) is 3.50. The summed E-state index contributed by atoms with van der Waals surface area (Å²) in [7, 11) is 0. The fraction of sp³-hybridized carbons (Fsp3) is 0.667. The minimum Gasteiger partial charge on any atom is -0.444 e. The third kappa shape index (κ3) is 8.97. The van der Waals surface area contributed by atoms with Crippen molar-refractivity contribution in [3.05, 3.63) is 34.9 Å². The molecule has 9 nitrogen and oxygen atoms in total. The number of rotatable bonds is 10. The molecule has 0 saturated heterocycles. The molecule has 1 aromatic carbocycles. The van der Waals surface area contributed by atoms with Crippen LogP contribution >= 0.6 is 0 Å². The number of nitrogens with one attached hydrogen (secondary N) is 2. The average molecular weight is 545 g/mol. The fourth-order valence-electron chi connectivity index (χ4n) is 5.13. The van der Waals surface area contributed by atoms with Crippen molar-refractivity contribution in [2.75, 3.05) is 0 Å². The third-order valence-corrected chi connectivity index (χ3v) is 7.42. The highest BCUT2D eigenvalue weighted by atomic mass is 16.6. The molecule has 0 aliphatic heterocycles. The average Bonchev–Trinajstić information content (AvgIpc) is 2.81. The molecule has 4 N–H and O–H groups in total. The van der Waals surface area contributed by atoms with E-state index in [1.54, 1.807) is 20.8 Å². The molecule has 218 valence electrons. The van der Waals surface area contributed by atoms with Crippen molar-refractivity contribution in [1.82, 2.24) is 15.5 Å². The van der Waals surface area contributed by atoms with Crippen molar-refractivity contribution in [2.45, 2.75) is 130 Å². The van der Waals surface area contributed by atoms with Gasteiger partial charge in [0.2, 0.25) is 17.7 Å². The van der Waals surface area contributed by atoms with Crippen LogP contribution in [-0.2, 0) is 19.1 Å². The Labute approximate surface area is 233 Å². The molecule has 1 aliphatic carbocycles. The zero-order chi connectivity index (χ0) is 29.5. The van der Waals surface area contributed by atoms with Gasteiger partial charge in [0.1, 0.15) is 17.7 Å². The van der Waals surface area contributed by atoms with Gasteiger partial charge in [0.15, 0.2) is 0 Å². The van der Waals surface area contributed by atoms with Gasteiger partial charge < -0.3 is 26.0 Å². The van der Waals surface area contributed by atoms with Crippen LogP contribution < -0.4 is 16.4 Å². The van der Waals surface area contributed by atoms with Crippen LogP contribution in [0.25, 0.3) is 0 Å². The standard InChI is InChI=1S/C30H48N4O5/c1-9-30(7,8)34(27(37)22(18-23(31)35)33-28(38)39-29(4,5)6)25(24-19(2)14-13-15-20(24)3)26(36)32-21-16-11-10-12-17-21/h13-15,21-22,25H,9-12,16-18H2,1-8H3,(H2,31,35)(H,32,36)(H,33,38). The van der Waals surface area contributed by atoms with E-state index in [-0.39, 0.29) is 11.9 Å². The zero-order valence-electron chi connectivity index (χ0n) is 25.0. The Morgan fingerprint density at radius 2 is 1.59 bits per heavy atom. The summed E-state index contributed by atoms with van der Waals surface area (Å²) >= 11 is 0. The molecule has 0 radical (unpaired) electrons. The normalized spacial score (nSPS) is 16.1. The van der Waals surface area contributed by atoms with Gasteiger partial charge in [0, 0.05) is 11.6 Å². The van der Waals surface area contributed by atoms with E-state index in [4.69, 9.17) is 10.5 Å². The number of benzene rings is 1. The molecule has 1 saturated carbocycles. The van der Waals surface area contributed by atoms with Crippen LogP contribution in [0.15, 0.2) is 18.2 Å². The highest BCUT2D eigenvalue weighted by molar-refractivity contribution is 5.95. The summed E-state index contributed by atoms with van der Waals surface area (Å²) in [4.78, 5) is 54.8. The summed E-state index contributed by atoms with van der Waals surface area (Å²) in [5.41, 5.74) is 6.36. The van der Waals surface area contributed by atoms with Crippen LogP contribution in [0, 0.1) is 13.8 Å². The van der Waals surface area contributed by atoms with E-state index in [9.17, 15) is 19.2 Å². The van der Waals surface area contributed by atoms with Crippen LogP contribution in [-0.4, -0.2) is 51.9 Å². The number of carbonyl (C=O) groups excluding carboxylic acids is 4. The lowest BCUT2D eigenvalue weighted by atomic mass is 9.87. The first-order valence-electron chi connectivity index (χ1n) is 14.0. The van der Waals surface area contributed by atoms with E-state index < -0.39 is 47.6 Å². The number of alkyl carbamates (subject to hydrolysis) is 1. The number of nitrogens with zero attached hydrogens (tertiary/aromatic N) is 1. The lowest BCUT2D eigenvalue weighted by molar-refractivity contribution is -0.150. The van der Waals surface area contributed by atoms with E-state index in [0.29, 0.717) is 6.42 Å². The molecule has 1 fully saturated rings. The maximum absolute atomic E-state index is 14.4. The number of aryl methyl sites for hydroxylation is 2. The molecule has 4 amide bonds. The molecular weight excluding hydrogens is 496 g/mol. The molecular formula is C30H48N4O5. The number of primary amides is 1. The molecule has 2 unspecified atom stereocenters. The highest BCUT2D eigenvalue weighted by Crippen LogP contribution is 2.36. The van der Waals surface area contributed by atoms with E-state index >= 15 is 0 Å². The Hall–Kier alpha value is -3.10. The minimum absolute atomic E-state index is 0.0288. The van der Waals surface area contributed by atoms with Crippen LogP contribution in [0.5, 0.6) is 0 Å². The number of ether oxygens (including phenoxy) is 1. The molecule has 9 heteroatoms. The number of carbonyl (C=O) groups is 4. The smallest absolute Gasteiger partial charge is 0.408 e. The lowest BCUT2D eigenvalue weighted by Crippen LogP contribution is -2.60. The Morgan fingerprint density at radius 1 is 1.03 bits per heavy atom. The van der Waals surface area contributed by atoms with Crippen LogP contribution in [0.3, 0.4) is 0 Å². The van der Waals surface area contributed by atoms with Crippen molar-refractivity contribution in [1.29, 1.82) is 0 Å². The Kier molecular flexibility index (Phi) is 11.0. The number of hydrogen-bond donors (Lipinski definition) is 3. The van der Waals surface area contributed by atoms with Crippen molar-refractivity contribution in [2.24, 2.45) is 5.73 Å². The van der Waals surface area contributed by atoms with Gasteiger partial charge in [-0.05, 0) is 84.4 Å². The predicted molar refractivity (Wildman–Crippen MR) is 152 cm³/mol. The molecule has 1 aromatic rings. The molecule has 0 bridgehead atoms. The SMILES string of the molecule is CCC(C)(C)N(C(=O)C(CC(N)=O)NC(=O)OC(C)(C)C)C(C(=O)NC1CCCCC1)c1c(C)cccc1C. The van der Waals surface area contributed by atoms with Crippen LogP contribution in [0.1, 0.15) is 109 Å². The lowest BCUT2D eigenvalue weighted by Gasteiger charge is -2.45. The zero-order valence-corrected chi connectivity index (χ0v) is 25.0. The maximum atomic E-state index is 14.4. The molecule has 39 heavy (non-hydrogen) atoms. The van der Waals surface area contributed by atoms with Crippen LogP contribution in [0.4, 0.5) is 4.79 Å². The second-order valence-electron chi connectivity index (χ2n) is 12.3. The predicted octanol–water partition coefficient (Wildman–Crippen LogP) is 4.58. The minimum atomic E-state index is -1.31. The quantitative estimate of drug-likeness (QED) is 0.397. The molecule has 0 aromatic heterocycles. The van der Waals surface area contributed by atoms with Crippen molar-refractivity contribution in [3.8, 4) is 0 Å². The van der Waals surface area contributed by atoms with Crippen molar-refractivity contribution < 1.29 is 23.9 Å². The number of nitrogens with two attached hydrogens (primary N) is 1. The van der Waals surface area contributed by atoms with Gasteiger partial charge in [-0.1, -0.05) is 44.4 Å². The van der Waals surface area contributed by atoms with Crippen LogP contribution in [0.2, 0.25) is 0 Å². The monoisotopic (exact) mass is 544 g/mol. The summed E-state index contributed by atoms with van der Waals surface area (Å²) in [6.45, 7) is 14.7. The summed E-state index contributed by atoms with van der Waals surface area (Å²) in [5, 5.41) is 5.77. The number of hydrogen-bond acceptors (Lipinski definition) is 5. The molecule has 2 atom stereocenters. The van der Waals surface area contributed by atoms with E-state index in [1.807, 2.05) is 52.8 Å². The van der Waals surface area contributed by atoms with Gasteiger partial charge in [-0.2, -0.15) is 0 Å². The van der Waals surface area contributed by atoms with Gasteiger partial charge >= 0.3 is 6.09 Å². The Morgan fingerprint density at radius 3 is 2.08 bits per heavy atom. The van der Waals surface area contributed by atoms with E-state index in [1.165, 1.54) is 4.90 Å². The topological polar surface area (TPSA) is 131 Å². The maximum Gasteiger partial charge on any atom is 0.408 e. The molecule has 0 heterocycles. The first-order chi connectivity index (χ1) is 18.1. The Bertz CT molecular complexity index is 1020. The van der Waals surface area contributed by atoms with Gasteiger partial charge in [-0.25, -0.2) is 4.79 Å². The Balaban J connectivity index is 2.64. The fourth-order valence-corrected chi connectivity index (χ4v) is 5.13. The summed E-state index contributed by atoms with van der Waals surface area (Å²) in [6.07, 6.45) is 4.26. The van der Waals surface area contributed by atoms with Gasteiger partial charge in [-0.3, -0.25) is 14.4 Å². The second kappa shape index (κ2) is 13.3. The first kappa shape index (κ1) is 32.1. The van der Waals surface area contributed by atoms with Gasteiger partial charge in [-0.15, -0.1) is 0 Å². The van der Waals surface area contributed by atoms with Crippen molar-refractivity contribution in [3.63, 3.8) is 0 Å². The van der Waals surface area contributed by atoms with Gasteiger partial charge in [0.05, 0.1) is 6.42 Å². The largest absolute Gasteiger partial charge is 0.444 e. The highest BCUT2D eigenvalue weighted by Gasteiger charge is 2.44.